The zero-order chi connectivity index (χ0) is 26.7. The summed E-state index contributed by atoms with van der Waals surface area (Å²) in [7, 11) is 0. The Labute approximate surface area is 233 Å². The Morgan fingerprint density at radius 1 is 0.350 bits per heavy atom. The Bertz CT molecular complexity index is 1930. The maximum atomic E-state index is 5.00. The lowest BCUT2D eigenvalue weighted by molar-refractivity contribution is 1.17. The van der Waals surface area contributed by atoms with E-state index in [2.05, 4.69) is 126 Å². The maximum Gasteiger partial charge on any atom is 0.161 e. The third-order valence-corrected chi connectivity index (χ3v) is 7.17. The first-order chi connectivity index (χ1) is 19.8. The molecule has 188 valence electrons. The van der Waals surface area contributed by atoms with Gasteiger partial charge >= 0.3 is 0 Å². The zero-order valence-corrected chi connectivity index (χ0v) is 21.8. The van der Waals surface area contributed by atoms with Gasteiger partial charge < -0.3 is 0 Å². The molecule has 0 bridgehead atoms. The molecule has 0 spiro atoms. The van der Waals surface area contributed by atoms with Crippen LogP contribution in [0.15, 0.2) is 152 Å². The molecule has 0 aliphatic rings. The van der Waals surface area contributed by atoms with E-state index in [1.165, 1.54) is 27.5 Å². The molecule has 0 aliphatic heterocycles. The normalized spacial score (nSPS) is 11.0. The summed E-state index contributed by atoms with van der Waals surface area (Å²) >= 11 is 0. The van der Waals surface area contributed by atoms with E-state index in [9.17, 15) is 0 Å². The fourth-order valence-corrected chi connectivity index (χ4v) is 5.06. The van der Waals surface area contributed by atoms with Crippen LogP contribution in [0.4, 0.5) is 0 Å². The van der Waals surface area contributed by atoms with Crippen LogP contribution in [0.5, 0.6) is 0 Å². The lowest BCUT2D eigenvalue weighted by atomic mass is 9.98. The van der Waals surface area contributed by atoms with Crippen molar-refractivity contribution in [2.45, 2.75) is 0 Å². The van der Waals surface area contributed by atoms with Gasteiger partial charge in [-0.2, -0.15) is 0 Å². The minimum absolute atomic E-state index is 0.656. The Morgan fingerprint density at radius 3 is 1.75 bits per heavy atom. The van der Waals surface area contributed by atoms with Crippen molar-refractivity contribution in [3.63, 3.8) is 0 Å². The fourth-order valence-electron chi connectivity index (χ4n) is 5.06. The maximum absolute atomic E-state index is 5.00. The lowest BCUT2D eigenvalue weighted by Crippen LogP contribution is -1.96. The Balaban J connectivity index is 1.32. The molecule has 0 radical (unpaired) electrons. The number of pyridine rings is 1. The van der Waals surface area contributed by atoms with Gasteiger partial charge in [0.15, 0.2) is 5.82 Å². The van der Waals surface area contributed by atoms with Gasteiger partial charge in [-0.1, -0.05) is 109 Å². The molecule has 0 saturated carbocycles. The van der Waals surface area contributed by atoms with Gasteiger partial charge in [0.05, 0.1) is 11.4 Å². The average molecular weight is 512 g/mol. The van der Waals surface area contributed by atoms with E-state index in [0.29, 0.717) is 5.82 Å². The van der Waals surface area contributed by atoms with Crippen molar-refractivity contribution in [2.75, 3.05) is 0 Å². The number of fused-ring (bicyclic) bond motifs is 1. The molecule has 0 amide bonds. The molecule has 3 heteroatoms. The molecule has 0 atom stereocenters. The van der Waals surface area contributed by atoms with Crippen LogP contribution in [-0.4, -0.2) is 15.0 Å². The summed E-state index contributed by atoms with van der Waals surface area (Å²) in [5.74, 6) is 0.656. The Kier molecular flexibility index (Phi) is 6.15. The van der Waals surface area contributed by atoms with Gasteiger partial charge in [-0.05, 0) is 63.4 Å². The van der Waals surface area contributed by atoms with Crippen LogP contribution in [0.3, 0.4) is 0 Å². The van der Waals surface area contributed by atoms with Gasteiger partial charge in [0.25, 0.3) is 0 Å². The highest BCUT2D eigenvalue weighted by molar-refractivity contribution is 5.88. The highest BCUT2D eigenvalue weighted by atomic mass is 14.9. The Morgan fingerprint density at radius 2 is 0.950 bits per heavy atom. The number of rotatable bonds is 5. The summed E-state index contributed by atoms with van der Waals surface area (Å²) in [6, 6.07) is 48.6. The van der Waals surface area contributed by atoms with Crippen LogP contribution >= 0.6 is 0 Å². The second kappa shape index (κ2) is 10.4. The molecule has 0 unspecified atom stereocenters. The lowest BCUT2D eigenvalue weighted by Gasteiger charge is -2.11. The number of nitrogens with zero attached hydrogens (tertiary/aromatic N) is 3. The summed E-state index contributed by atoms with van der Waals surface area (Å²) in [6.07, 6.45) is 3.58. The molecular weight excluding hydrogens is 486 g/mol. The van der Waals surface area contributed by atoms with Gasteiger partial charge in [-0.25, -0.2) is 9.97 Å². The highest BCUT2D eigenvalue weighted by Gasteiger charge is 2.12. The standard InChI is InChI=1S/C37H25N3/c1-2-8-26(9-3-1)28-15-18-29(19-16-28)35-24-36(40-37(39-35)34-14-7-21-38-25-34)33-13-6-12-31(23-33)32-20-17-27-10-4-5-11-30(27)22-32/h1-25H. The first-order valence-electron chi connectivity index (χ1n) is 13.4. The molecule has 7 aromatic rings. The SMILES string of the molecule is c1ccc(-c2ccc(-c3cc(-c4cccc(-c5ccc6ccccc6c5)c4)nc(-c4cccnc4)n3)cc2)cc1. The quantitative estimate of drug-likeness (QED) is 0.231. The van der Waals surface area contributed by atoms with E-state index >= 15 is 0 Å². The predicted octanol–water partition coefficient (Wildman–Crippen LogP) is 9.36. The summed E-state index contributed by atoms with van der Waals surface area (Å²) in [6.45, 7) is 0. The van der Waals surface area contributed by atoms with Gasteiger partial charge in [0.2, 0.25) is 0 Å². The number of aromatic nitrogens is 3. The van der Waals surface area contributed by atoms with Crippen molar-refractivity contribution >= 4 is 10.8 Å². The smallest absolute Gasteiger partial charge is 0.161 e. The second-order valence-corrected chi connectivity index (χ2v) is 9.79. The number of benzene rings is 5. The van der Waals surface area contributed by atoms with Crippen LogP contribution in [0.25, 0.3) is 66.9 Å². The molecule has 2 heterocycles. The third-order valence-electron chi connectivity index (χ3n) is 7.17. The van der Waals surface area contributed by atoms with Crippen molar-refractivity contribution in [1.29, 1.82) is 0 Å². The fraction of sp³-hybridized carbons (Fsp3) is 0. The molecule has 7 rings (SSSR count). The van der Waals surface area contributed by atoms with Crippen molar-refractivity contribution in [3.05, 3.63) is 152 Å². The molecule has 0 saturated heterocycles. The minimum Gasteiger partial charge on any atom is -0.264 e. The average Bonchev–Trinajstić information content (AvgIpc) is 3.05. The molecule has 2 aromatic heterocycles. The van der Waals surface area contributed by atoms with Crippen LogP contribution in [0.1, 0.15) is 0 Å². The highest BCUT2D eigenvalue weighted by Crippen LogP contribution is 2.32. The van der Waals surface area contributed by atoms with E-state index < -0.39 is 0 Å². The van der Waals surface area contributed by atoms with Crippen molar-refractivity contribution in [2.24, 2.45) is 0 Å². The van der Waals surface area contributed by atoms with Gasteiger partial charge in [0.1, 0.15) is 0 Å². The van der Waals surface area contributed by atoms with Crippen molar-refractivity contribution in [3.8, 4) is 56.2 Å². The summed E-state index contributed by atoms with van der Waals surface area (Å²) in [5.41, 5.74) is 9.42. The Hall–Kier alpha value is -5.41. The van der Waals surface area contributed by atoms with Crippen LogP contribution in [0, 0.1) is 0 Å². The monoisotopic (exact) mass is 511 g/mol. The molecule has 0 fully saturated rings. The third kappa shape index (κ3) is 4.77. The van der Waals surface area contributed by atoms with E-state index in [-0.39, 0.29) is 0 Å². The molecule has 5 aromatic carbocycles. The minimum atomic E-state index is 0.656. The van der Waals surface area contributed by atoms with Gasteiger partial charge in [-0.15, -0.1) is 0 Å². The van der Waals surface area contributed by atoms with Gasteiger partial charge in [0, 0.05) is 29.1 Å². The predicted molar refractivity (Wildman–Crippen MR) is 165 cm³/mol. The number of hydrogen-bond acceptors (Lipinski definition) is 3. The molecule has 3 nitrogen and oxygen atoms in total. The first kappa shape index (κ1) is 23.7. The van der Waals surface area contributed by atoms with Crippen molar-refractivity contribution < 1.29 is 0 Å². The molecular formula is C37H25N3. The largest absolute Gasteiger partial charge is 0.264 e. The molecule has 0 N–H and O–H groups in total. The number of hydrogen-bond donors (Lipinski definition) is 0. The van der Waals surface area contributed by atoms with Crippen LogP contribution in [0.2, 0.25) is 0 Å². The van der Waals surface area contributed by atoms with Crippen LogP contribution < -0.4 is 0 Å². The summed E-state index contributed by atoms with van der Waals surface area (Å²) in [4.78, 5) is 14.3. The van der Waals surface area contributed by atoms with E-state index in [4.69, 9.17) is 9.97 Å². The summed E-state index contributed by atoms with van der Waals surface area (Å²) in [5, 5.41) is 2.47. The first-order valence-corrected chi connectivity index (χ1v) is 13.4. The van der Waals surface area contributed by atoms with Crippen molar-refractivity contribution in [1.82, 2.24) is 15.0 Å². The second-order valence-electron chi connectivity index (χ2n) is 9.79. The van der Waals surface area contributed by atoms with E-state index in [1.807, 2.05) is 24.4 Å². The molecule has 0 aliphatic carbocycles. The zero-order valence-electron chi connectivity index (χ0n) is 21.8. The van der Waals surface area contributed by atoms with Gasteiger partial charge in [-0.3, -0.25) is 4.98 Å². The van der Waals surface area contributed by atoms with E-state index in [1.54, 1.807) is 6.20 Å². The topological polar surface area (TPSA) is 38.7 Å². The molecule has 40 heavy (non-hydrogen) atoms. The van der Waals surface area contributed by atoms with Crippen LogP contribution in [-0.2, 0) is 0 Å². The van der Waals surface area contributed by atoms with E-state index in [0.717, 1.165) is 33.6 Å². The summed E-state index contributed by atoms with van der Waals surface area (Å²) < 4.78 is 0.